The zero-order valence-corrected chi connectivity index (χ0v) is 18.9. The molecule has 2 atom stereocenters. The number of ether oxygens (including phenoxy) is 2. The van der Waals surface area contributed by atoms with Crippen LogP contribution in [0.4, 0.5) is 0 Å². The SMILES string of the molecule is O=C(NCc1ccccc1)C1=C[C@H](c2ccc(Cl)cc2)C[C@H](OCc2ccc(CO)cc2)O1. The topological polar surface area (TPSA) is 67.8 Å². The minimum Gasteiger partial charge on any atom is -0.459 e. The fourth-order valence-electron chi connectivity index (χ4n) is 3.66. The van der Waals surface area contributed by atoms with Gasteiger partial charge in [-0.3, -0.25) is 4.79 Å². The highest BCUT2D eigenvalue weighted by atomic mass is 35.5. The van der Waals surface area contributed by atoms with Crippen molar-refractivity contribution in [3.63, 3.8) is 0 Å². The van der Waals surface area contributed by atoms with Gasteiger partial charge in [0.1, 0.15) is 0 Å². The van der Waals surface area contributed by atoms with Crippen molar-refractivity contribution in [3.8, 4) is 0 Å². The van der Waals surface area contributed by atoms with Crippen LogP contribution in [-0.2, 0) is 34.0 Å². The largest absolute Gasteiger partial charge is 0.459 e. The Labute approximate surface area is 198 Å². The molecule has 0 radical (unpaired) electrons. The number of hydrogen-bond donors (Lipinski definition) is 2. The van der Waals surface area contributed by atoms with E-state index in [-0.39, 0.29) is 24.2 Å². The third-order valence-corrected chi connectivity index (χ3v) is 5.77. The Kier molecular flexibility index (Phi) is 7.79. The Balaban J connectivity index is 1.46. The van der Waals surface area contributed by atoms with Crippen LogP contribution in [0.1, 0.15) is 34.6 Å². The van der Waals surface area contributed by atoms with Crippen LogP contribution in [0.5, 0.6) is 0 Å². The van der Waals surface area contributed by atoms with Gasteiger partial charge >= 0.3 is 0 Å². The number of rotatable bonds is 8. The van der Waals surface area contributed by atoms with Crippen LogP contribution in [0, 0.1) is 0 Å². The summed E-state index contributed by atoms with van der Waals surface area (Å²) < 4.78 is 12.0. The molecule has 5 nitrogen and oxygen atoms in total. The van der Waals surface area contributed by atoms with Crippen molar-refractivity contribution in [3.05, 3.63) is 118 Å². The molecule has 0 aliphatic carbocycles. The van der Waals surface area contributed by atoms with Gasteiger partial charge in [-0.05, 0) is 40.5 Å². The van der Waals surface area contributed by atoms with Gasteiger partial charge in [-0.2, -0.15) is 0 Å². The number of halogens is 1. The summed E-state index contributed by atoms with van der Waals surface area (Å²) in [6.45, 7) is 0.749. The molecule has 170 valence electrons. The number of amides is 1. The van der Waals surface area contributed by atoms with Crippen molar-refractivity contribution < 1.29 is 19.4 Å². The van der Waals surface area contributed by atoms with Gasteiger partial charge in [0.05, 0.1) is 13.2 Å². The Morgan fingerprint density at radius 3 is 2.36 bits per heavy atom. The van der Waals surface area contributed by atoms with Gasteiger partial charge in [0, 0.05) is 23.9 Å². The van der Waals surface area contributed by atoms with Crippen molar-refractivity contribution >= 4 is 17.5 Å². The average Bonchev–Trinajstić information content (AvgIpc) is 2.87. The summed E-state index contributed by atoms with van der Waals surface area (Å²) in [4.78, 5) is 12.9. The van der Waals surface area contributed by atoms with Gasteiger partial charge in [-0.25, -0.2) is 0 Å². The minimum atomic E-state index is -0.578. The second-order valence-electron chi connectivity index (χ2n) is 7.93. The highest BCUT2D eigenvalue weighted by Gasteiger charge is 2.28. The summed E-state index contributed by atoms with van der Waals surface area (Å²) in [5.41, 5.74) is 3.85. The first-order valence-corrected chi connectivity index (χ1v) is 11.2. The summed E-state index contributed by atoms with van der Waals surface area (Å²) in [5.74, 6) is -0.0774. The number of aliphatic hydroxyl groups excluding tert-OH is 1. The molecule has 0 aromatic heterocycles. The number of nitrogens with one attached hydrogen (secondary N) is 1. The lowest BCUT2D eigenvalue weighted by atomic mass is 9.93. The van der Waals surface area contributed by atoms with E-state index in [4.69, 9.17) is 21.1 Å². The summed E-state index contributed by atoms with van der Waals surface area (Å²) >= 11 is 6.05. The van der Waals surface area contributed by atoms with E-state index in [0.717, 1.165) is 22.3 Å². The zero-order chi connectivity index (χ0) is 23.0. The number of hydrogen-bond acceptors (Lipinski definition) is 4. The van der Waals surface area contributed by atoms with Gasteiger partial charge in [0.15, 0.2) is 5.76 Å². The minimum absolute atomic E-state index is 0.00188. The molecule has 0 saturated carbocycles. The van der Waals surface area contributed by atoms with E-state index in [0.29, 0.717) is 24.6 Å². The van der Waals surface area contributed by atoms with Gasteiger partial charge < -0.3 is 19.9 Å². The molecule has 4 rings (SSSR count). The number of carbonyl (C=O) groups is 1. The summed E-state index contributed by atoms with van der Waals surface area (Å²) in [6.07, 6.45) is 1.84. The quantitative estimate of drug-likeness (QED) is 0.489. The number of carbonyl (C=O) groups excluding carboxylic acids is 1. The molecule has 0 saturated heterocycles. The molecule has 1 aliphatic rings. The van der Waals surface area contributed by atoms with Gasteiger partial charge in [0.25, 0.3) is 5.91 Å². The maximum atomic E-state index is 12.9. The predicted molar refractivity (Wildman–Crippen MR) is 127 cm³/mol. The molecule has 1 amide bonds. The molecule has 2 N–H and O–H groups in total. The Bertz CT molecular complexity index is 1080. The molecule has 1 aliphatic heterocycles. The maximum Gasteiger partial charge on any atom is 0.286 e. The van der Waals surface area contributed by atoms with E-state index in [1.54, 1.807) is 0 Å². The second kappa shape index (κ2) is 11.1. The van der Waals surface area contributed by atoms with Gasteiger partial charge in [-0.15, -0.1) is 0 Å². The fourth-order valence-corrected chi connectivity index (χ4v) is 3.78. The molecular formula is C27H26ClNO4. The molecule has 1 heterocycles. The predicted octanol–water partition coefficient (Wildman–Crippen LogP) is 5.08. The molecule has 33 heavy (non-hydrogen) atoms. The van der Waals surface area contributed by atoms with Crippen molar-refractivity contribution in [2.75, 3.05) is 0 Å². The Hall–Kier alpha value is -3.12. The first-order valence-electron chi connectivity index (χ1n) is 10.9. The first-order chi connectivity index (χ1) is 16.1. The van der Waals surface area contributed by atoms with E-state index in [9.17, 15) is 9.90 Å². The van der Waals surface area contributed by atoms with Gasteiger partial charge in [-0.1, -0.05) is 78.3 Å². The lowest BCUT2D eigenvalue weighted by Crippen LogP contribution is -2.32. The molecule has 0 spiro atoms. The van der Waals surface area contributed by atoms with Crippen LogP contribution in [-0.4, -0.2) is 17.3 Å². The number of allylic oxidation sites excluding steroid dienone is 1. The zero-order valence-electron chi connectivity index (χ0n) is 18.1. The third kappa shape index (κ3) is 6.45. The normalized spacial score (nSPS) is 17.7. The van der Waals surface area contributed by atoms with Crippen LogP contribution in [0.2, 0.25) is 5.02 Å². The number of benzene rings is 3. The summed E-state index contributed by atoms with van der Waals surface area (Å²) in [6, 6.07) is 24.9. The molecule has 0 bridgehead atoms. The van der Waals surface area contributed by atoms with Crippen molar-refractivity contribution in [1.29, 1.82) is 0 Å². The lowest BCUT2D eigenvalue weighted by Gasteiger charge is -2.29. The highest BCUT2D eigenvalue weighted by Crippen LogP contribution is 2.32. The van der Waals surface area contributed by atoms with Crippen LogP contribution in [0.15, 0.2) is 90.7 Å². The fraction of sp³-hybridized carbons (Fsp3) is 0.222. The van der Waals surface area contributed by atoms with Crippen LogP contribution in [0.25, 0.3) is 0 Å². The van der Waals surface area contributed by atoms with Crippen LogP contribution in [0.3, 0.4) is 0 Å². The molecule has 3 aromatic carbocycles. The third-order valence-electron chi connectivity index (χ3n) is 5.52. The summed E-state index contributed by atoms with van der Waals surface area (Å²) in [7, 11) is 0. The van der Waals surface area contributed by atoms with Gasteiger partial charge in [0.2, 0.25) is 6.29 Å². The average molecular weight is 464 g/mol. The standard InChI is InChI=1S/C27H26ClNO4/c28-24-12-10-22(11-13-24)23-14-25(27(31)29-16-19-4-2-1-3-5-19)33-26(15-23)32-18-21-8-6-20(17-30)7-9-21/h1-14,23,26,30H,15-18H2,(H,29,31)/t23-,26+/m0/s1. The molecule has 6 heteroatoms. The van der Waals surface area contributed by atoms with E-state index in [1.165, 1.54) is 0 Å². The lowest BCUT2D eigenvalue weighted by molar-refractivity contribution is -0.150. The molecular weight excluding hydrogens is 438 g/mol. The highest BCUT2D eigenvalue weighted by molar-refractivity contribution is 6.30. The molecule has 0 fully saturated rings. The Morgan fingerprint density at radius 2 is 1.67 bits per heavy atom. The Morgan fingerprint density at radius 1 is 0.970 bits per heavy atom. The summed E-state index contributed by atoms with van der Waals surface area (Å²) in [5, 5.41) is 12.8. The van der Waals surface area contributed by atoms with E-state index in [2.05, 4.69) is 5.32 Å². The smallest absolute Gasteiger partial charge is 0.286 e. The van der Waals surface area contributed by atoms with Crippen LogP contribution < -0.4 is 5.32 Å². The monoisotopic (exact) mass is 463 g/mol. The second-order valence-corrected chi connectivity index (χ2v) is 8.36. The first kappa shape index (κ1) is 23.1. The van der Waals surface area contributed by atoms with E-state index < -0.39 is 6.29 Å². The van der Waals surface area contributed by atoms with Crippen molar-refractivity contribution in [1.82, 2.24) is 5.32 Å². The maximum absolute atomic E-state index is 12.9. The molecule has 3 aromatic rings. The van der Waals surface area contributed by atoms with Crippen molar-refractivity contribution in [2.24, 2.45) is 0 Å². The van der Waals surface area contributed by atoms with E-state index in [1.807, 2.05) is 84.9 Å². The number of aliphatic hydroxyl groups is 1. The molecule has 0 unspecified atom stereocenters. The van der Waals surface area contributed by atoms with E-state index >= 15 is 0 Å². The van der Waals surface area contributed by atoms with Crippen molar-refractivity contribution in [2.45, 2.75) is 38.4 Å². The van der Waals surface area contributed by atoms with Crippen LogP contribution >= 0.6 is 11.6 Å².